The van der Waals surface area contributed by atoms with Crippen LogP contribution >= 0.6 is 0 Å². The van der Waals surface area contributed by atoms with Crippen LogP contribution in [0.2, 0.25) is 0 Å². The van der Waals surface area contributed by atoms with E-state index in [1.807, 2.05) is 29.3 Å². The Kier molecular flexibility index (Phi) is 4.79. The summed E-state index contributed by atoms with van der Waals surface area (Å²) in [4.78, 5) is 19.1. The molecule has 1 fully saturated rings. The number of nitrogens with zero attached hydrogens (tertiary/aromatic N) is 2. The number of aryl methyl sites for hydroxylation is 1. The molecule has 0 N–H and O–H groups in total. The highest BCUT2D eigenvalue weighted by Gasteiger charge is 2.33. The van der Waals surface area contributed by atoms with E-state index in [4.69, 9.17) is 4.74 Å². The van der Waals surface area contributed by atoms with E-state index in [0.29, 0.717) is 12.5 Å². The molecule has 4 heteroatoms. The maximum Gasteiger partial charge on any atom is 0.230 e. The van der Waals surface area contributed by atoms with Gasteiger partial charge in [0.25, 0.3) is 0 Å². The van der Waals surface area contributed by atoms with E-state index in [0.717, 1.165) is 44.3 Å². The normalized spacial score (nSPS) is 20.5. The molecule has 130 valence electrons. The summed E-state index contributed by atoms with van der Waals surface area (Å²) < 4.78 is 6.00. The van der Waals surface area contributed by atoms with E-state index in [9.17, 15) is 4.79 Å². The van der Waals surface area contributed by atoms with E-state index in [1.165, 1.54) is 11.1 Å². The average Bonchev–Trinajstić information content (AvgIpc) is 3.11. The first-order chi connectivity index (χ1) is 12.3. The molecule has 0 unspecified atom stereocenters. The molecule has 0 saturated carbocycles. The Bertz CT molecular complexity index is 724. The van der Waals surface area contributed by atoms with E-state index in [2.05, 4.69) is 23.2 Å². The third kappa shape index (κ3) is 3.59. The van der Waals surface area contributed by atoms with Gasteiger partial charge in [0, 0.05) is 25.5 Å². The Balaban J connectivity index is 1.29. The number of carbonyl (C=O) groups is 1. The predicted octanol–water partition coefficient (Wildman–Crippen LogP) is 3.32. The quantitative estimate of drug-likeness (QED) is 0.860. The molecule has 2 heterocycles. The summed E-state index contributed by atoms with van der Waals surface area (Å²) in [7, 11) is 0. The van der Waals surface area contributed by atoms with Gasteiger partial charge in [-0.3, -0.25) is 9.78 Å². The zero-order chi connectivity index (χ0) is 17.1. The number of benzene rings is 1. The van der Waals surface area contributed by atoms with Crippen LogP contribution in [0, 0.1) is 0 Å². The minimum atomic E-state index is 0.0593. The van der Waals surface area contributed by atoms with Gasteiger partial charge < -0.3 is 9.64 Å². The largest absolute Gasteiger partial charge is 0.373 e. The molecule has 1 aromatic carbocycles. The lowest BCUT2D eigenvalue weighted by Gasteiger charge is -2.33. The fourth-order valence-electron chi connectivity index (χ4n) is 3.97. The third-order valence-electron chi connectivity index (χ3n) is 5.39. The highest BCUT2D eigenvalue weighted by molar-refractivity contribution is 5.85. The van der Waals surface area contributed by atoms with Crippen LogP contribution in [-0.2, 0) is 22.6 Å². The first-order valence-corrected chi connectivity index (χ1v) is 9.18. The number of rotatable bonds is 4. The summed E-state index contributed by atoms with van der Waals surface area (Å²) in [5.41, 5.74) is 3.68. The van der Waals surface area contributed by atoms with Gasteiger partial charge in [-0.1, -0.05) is 30.3 Å². The fourth-order valence-corrected chi connectivity index (χ4v) is 3.97. The van der Waals surface area contributed by atoms with E-state index < -0.39 is 0 Å². The molecule has 1 aliphatic carbocycles. The maximum atomic E-state index is 12.9. The van der Waals surface area contributed by atoms with Gasteiger partial charge in [0.1, 0.15) is 0 Å². The summed E-state index contributed by atoms with van der Waals surface area (Å²) in [5, 5.41) is 0. The number of hydrogen-bond donors (Lipinski definition) is 0. The van der Waals surface area contributed by atoms with Gasteiger partial charge in [-0.2, -0.15) is 0 Å². The Morgan fingerprint density at radius 1 is 1.12 bits per heavy atom. The molecule has 1 aliphatic heterocycles. The smallest absolute Gasteiger partial charge is 0.230 e. The second kappa shape index (κ2) is 7.36. The van der Waals surface area contributed by atoms with E-state index in [1.54, 1.807) is 6.20 Å². The van der Waals surface area contributed by atoms with Crippen molar-refractivity contribution in [2.24, 2.45) is 0 Å². The molecule has 0 spiro atoms. The predicted molar refractivity (Wildman–Crippen MR) is 96.1 cm³/mol. The van der Waals surface area contributed by atoms with Crippen molar-refractivity contribution in [3.63, 3.8) is 0 Å². The fraction of sp³-hybridized carbons (Fsp3) is 0.429. The molecule has 25 heavy (non-hydrogen) atoms. The lowest BCUT2D eigenvalue weighted by Crippen LogP contribution is -2.42. The molecular formula is C21H24N2O2. The lowest BCUT2D eigenvalue weighted by atomic mass is 9.98. The van der Waals surface area contributed by atoms with Crippen LogP contribution in [-0.4, -0.2) is 35.0 Å². The zero-order valence-corrected chi connectivity index (χ0v) is 14.4. The lowest BCUT2D eigenvalue weighted by molar-refractivity contribution is -0.135. The van der Waals surface area contributed by atoms with Crippen molar-refractivity contribution in [2.45, 2.75) is 44.3 Å². The number of fused-ring (bicyclic) bond motifs is 1. The first-order valence-electron chi connectivity index (χ1n) is 9.18. The number of ether oxygens (including phenoxy) is 1. The molecule has 2 aliphatic rings. The van der Waals surface area contributed by atoms with Crippen molar-refractivity contribution < 1.29 is 9.53 Å². The van der Waals surface area contributed by atoms with Gasteiger partial charge in [-0.25, -0.2) is 0 Å². The second-order valence-corrected chi connectivity index (χ2v) is 6.99. The van der Waals surface area contributed by atoms with Gasteiger partial charge >= 0.3 is 0 Å². The molecule has 1 amide bonds. The number of piperidine rings is 1. The van der Waals surface area contributed by atoms with Gasteiger partial charge in [0.2, 0.25) is 5.91 Å². The highest BCUT2D eigenvalue weighted by Crippen LogP contribution is 2.34. The molecule has 2 aromatic rings. The summed E-state index contributed by atoms with van der Waals surface area (Å²) in [6.07, 6.45) is 7.67. The second-order valence-electron chi connectivity index (χ2n) is 6.99. The number of hydrogen-bond acceptors (Lipinski definition) is 3. The van der Waals surface area contributed by atoms with Crippen LogP contribution in [0.5, 0.6) is 0 Å². The highest BCUT2D eigenvalue weighted by atomic mass is 16.5. The minimum Gasteiger partial charge on any atom is -0.373 e. The molecular weight excluding hydrogens is 312 g/mol. The Labute approximate surface area is 148 Å². The van der Waals surface area contributed by atoms with E-state index in [-0.39, 0.29) is 12.0 Å². The Morgan fingerprint density at radius 3 is 2.76 bits per heavy atom. The van der Waals surface area contributed by atoms with Crippen LogP contribution < -0.4 is 0 Å². The molecule has 0 radical (unpaired) electrons. The molecule has 4 rings (SSSR count). The topological polar surface area (TPSA) is 42.4 Å². The number of amides is 1. The van der Waals surface area contributed by atoms with Crippen molar-refractivity contribution in [3.8, 4) is 0 Å². The van der Waals surface area contributed by atoms with Gasteiger partial charge in [0.15, 0.2) is 0 Å². The first kappa shape index (κ1) is 16.3. The van der Waals surface area contributed by atoms with Crippen molar-refractivity contribution in [1.29, 1.82) is 0 Å². The van der Waals surface area contributed by atoms with Crippen molar-refractivity contribution in [2.75, 3.05) is 13.1 Å². The summed E-state index contributed by atoms with van der Waals surface area (Å²) in [6, 6.07) is 12.3. The Morgan fingerprint density at radius 2 is 1.96 bits per heavy atom. The molecule has 1 atom stereocenters. The number of aromatic nitrogens is 1. The van der Waals surface area contributed by atoms with Gasteiger partial charge in [-0.05, 0) is 48.4 Å². The molecule has 1 saturated heterocycles. The van der Waals surface area contributed by atoms with Gasteiger partial charge in [-0.15, -0.1) is 0 Å². The number of pyridine rings is 1. The summed E-state index contributed by atoms with van der Waals surface area (Å²) in [6.45, 7) is 2.20. The van der Waals surface area contributed by atoms with Crippen LogP contribution in [0.4, 0.5) is 0 Å². The van der Waals surface area contributed by atoms with Crippen LogP contribution in [0.3, 0.4) is 0 Å². The van der Waals surface area contributed by atoms with Crippen LogP contribution in [0.1, 0.15) is 41.9 Å². The summed E-state index contributed by atoms with van der Waals surface area (Å²) in [5.74, 6) is 0.361. The van der Waals surface area contributed by atoms with Crippen LogP contribution in [0.15, 0.2) is 48.8 Å². The minimum absolute atomic E-state index is 0.0593. The standard InChI is InChI=1S/C21H24N2O2/c24-21(20-8-7-17-5-1-2-6-19(17)20)23-12-9-18(10-13-23)25-15-16-4-3-11-22-14-16/h1-6,11,14,18,20H,7-10,12-13,15H2/t20-/m1/s1. The zero-order valence-electron chi connectivity index (χ0n) is 14.4. The Hall–Kier alpha value is -2.20. The third-order valence-corrected chi connectivity index (χ3v) is 5.39. The van der Waals surface area contributed by atoms with Crippen molar-refractivity contribution >= 4 is 5.91 Å². The monoisotopic (exact) mass is 336 g/mol. The SMILES string of the molecule is O=C([C@@H]1CCc2ccccc21)N1CCC(OCc2cccnc2)CC1. The van der Waals surface area contributed by atoms with E-state index >= 15 is 0 Å². The number of likely N-dealkylation sites (tertiary alicyclic amines) is 1. The average molecular weight is 336 g/mol. The summed E-state index contributed by atoms with van der Waals surface area (Å²) >= 11 is 0. The molecule has 0 bridgehead atoms. The maximum absolute atomic E-state index is 12.9. The molecule has 1 aromatic heterocycles. The van der Waals surface area contributed by atoms with Crippen molar-refractivity contribution in [1.82, 2.24) is 9.88 Å². The molecule has 4 nitrogen and oxygen atoms in total. The van der Waals surface area contributed by atoms with Gasteiger partial charge in [0.05, 0.1) is 18.6 Å². The van der Waals surface area contributed by atoms with Crippen LogP contribution in [0.25, 0.3) is 0 Å². The number of carbonyl (C=O) groups excluding carboxylic acids is 1. The van der Waals surface area contributed by atoms with Crippen molar-refractivity contribution in [3.05, 3.63) is 65.5 Å².